The topological polar surface area (TPSA) is 162 Å². The summed E-state index contributed by atoms with van der Waals surface area (Å²) in [7, 11) is 1.52. The third-order valence-electron chi connectivity index (χ3n) is 12.0. The van der Waals surface area contributed by atoms with Crippen LogP contribution >= 0.6 is 11.6 Å². The second-order valence-corrected chi connectivity index (χ2v) is 16.1. The van der Waals surface area contributed by atoms with Crippen LogP contribution in [0.5, 0.6) is 17.2 Å². The van der Waals surface area contributed by atoms with Gasteiger partial charge in [0.25, 0.3) is 5.91 Å². The van der Waals surface area contributed by atoms with E-state index in [0.29, 0.717) is 46.5 Å². The Hall–Kier alpha value is -4.62. The molecule has 304 valence electrons. The molecule has 3 aromatic carbocycles. The van der Waals surface area contributed by atoms with Gasteiger partial charge in [0.2, 0.25) is 5.56 Å². The number of aliphatic hydroxyl groups is 1. The van der Waals surface area contributed by atoms with Crippen LogP contribution in [-0.4, -0.2) is 84.5 Å². The predicted octanol–water partition coefficient (Wildman–Crippen LogP) is 5.69. The second kappa shape index (κ2) is 18.3. The number of aromatic amines is 1. The van der Waals surface area contributed by atoms with Crippen LogP contribution in [-0.2, 0) is 32.7 Å². The van der Waals surface area contributed by atoms with Crippen molar-refractivity contribution in [2.75, 3.05) is 46.4 Å². The molecule has 3 aliphatic heterocycles. The summed E-state index contributed by atoms with van der Waals surface area (Å²) in [5.74, 6) is 0.870. The molecule has 0 unspecified atom stereocenters. The summed E-state index contributed by atoms with van der Waals surface area (Å²) in [6, 6.07) is 17.7. The Balaban J connectivity index is 0.876. The zero-order chi connectivity index (χ0) is 39.9. The van der Waals surface area contributed by atoms with Gasteiger partial charge in [-0.1, -0.05) is 61.2 Å². The summed E-state index contributed by atoms with van der Waals surface area (Å²) in [5, 5.41) is 28.1. The number of phenols is 1. The van der Waals surface area contributed by atoms with Gasteiger partial charge in [-0.05, 0) is 92.4 Å². The first kappa shape index (κ1) is 40.6. The minimum Gasteiger partial charge on any atom is -0.506 e. The van der Waals surface area contributed by atoms with Crippen molar-refractivity contribution >= 4 is 34.4 Å². The van der Waals surface area contributed by atoms with Crippen molar-refractivity contribution in [1.82, 2.24) is 20.5 Å². The van der Waals surface area contributed by atoms with Gasteiger partial charge in [-0.15, -0.1) is 0 Å². The van der Waals surface area contributed by atoms with E-state index in [1.54, 1.807) is 24.3 Å². The number of nitrogens with one attached hydrogen (secondary N) is 3. The van der Waals surface area contributed by atoms with Crippen molar-refractivity contribution in [2.45, 2.75) is 82.0 Å². The SMILES string of the molecule is COc1cc(OCC(=O)NCCCc2cccc(C3(C(=O)O[C@H]4CN5CCC4CC5)CCCCC3)c2)c(Cl)cc1CNC[C@H](O)c1ccc(O)c2[nH]c(=O)ccc12. The van der Waals surface area contributed by atoms with Crippen molar-refractivity contribution in [2.24, 2.45) is 5.92 Å². The lowest BCUT2D eigenvalue weighted by molar-refractivity contribution is -0.167. The Morgan fingerprint density at radius 1 is 1.04 bits per heavy atom. The van der Waals surface area contributed by atoms with Gasteiger partial charge in [-0.25, -0.2) is 0 Å². The molecule has 57 heavy (non-hydrogen) atoms. The van der Waals surface area contributed by atoms with E-state index in [0.717, 1.165) is 94.1 Å². The van der Waals surface area contributed by atoms with E-state index in [1.807, 2.05) is 6.07 Å². The molecule has 2 atom stereocenters. The summed E-state index contributed by atoms with van der Waals surface area (Å²) in [6.07, 6.45) is 7.57. The maximum absolute atomic E-state index is 14.0. The van der Waals surface area contributed by atoms with Crippen LogP contribution in [0.3, 0.4) is 0 Å². The van der Waals surface area contributed by atoms with Gasteiger partial charge in [0, 0.05) is 49.3 Å². The number of piperidine rings is 3. The average molecular weight is 801 g/mol. The Morgan fingerprint density at radius 2 is 1.84 bits per heavy atom. The molecule has 0 spiro atoms. The first-order valence-corrected chi connectivity index (χ1v) is 20.5. The van der Waals surface area contributed by atoms with Crippen molar-refractivity contribution in [3.63, 3.8) is 0 Å². The Morgan fingerprint density at radius 3 is 2.60 bits per heavy atom. The summed E-state index contributed by atoms with van der Waals surface area (Å²) in [4.78, 5) is 43.5. The number of methoxy groups -OCH3 is 1. The second-order valence-electron chi connectivity index (χ2n) is 15.7. The van der Waals surface area contributed by atoms with E-state index >= 15 is 0 Å². The third kappa shape index (κ3) is 9.41. The van der Waals surface area contributed by atoms with Gasteiger partial charge in [-0.3, -0.25) is 19.3 Å². The van der Waals surface area contributed by atoms with Crippen LogP contribution < -0.4 is 25.7 Å². The van der Waals surface area contributed by atoms with E-state index in [-0.39, 0.29) is 48.0 Å². The molecule has 8 rings (SSSR count). The number of aryl methyl sites for hydroxylation is 1. The lowest BCUT2D eigenvalue weighted by Gasteiger charge is -2.45. The number of ether oxygens (including phenoxy) is 3. The Labute approximate surface area is 337 Å². The maximum Gasteiger partial charge on any atom is 0.316 e. The van der Waals surface area contributed by atoms with Crippen LogP contribution in [0.1, 0.15) is 79.7 Å². The molecule has 4 aromatic rings. The Bertz CT molecular complexity index is 2110. The summed E-state index contributed by atoms with van der Waals surface area (Å²) < 4.78 is 17.7. The number of aromatic nitrogens is 1. The number of esters is 1. The zero-order valence-corrected chi connectivity index (χ0v) is 33.2. The maximum atomic E-state index is 14.0. The van der Waals surface area contributed by atoms with Crippen molar-refractivity contribution in [1.29, 1.82) is 0 Å². The van der Waals surface area contributed by atoms with Crippen LogP contribution in [0.15, 0.2) is 65.5 Å². The van der Waals surface area contributed by atoms with E-state index in [4.69, 9.17) is 25.8 Å². The van der Waals surface area contributed by atoms with E-state index in [2.05, 4.69) is 38.7 Å². The largest absolute Gasteiger partial charge is 0.506 e. The quantitative estimate of drug-likeness (QED) is 0.0704. The summed E-state index contributed by atoms with van der Waals surface area (Å²) in [6.45, 7) is 3.79. The molecule has 1 aliphatic carbocycles. The molecule has 1 amide bonds. The molecule has 13 heteroatoms. The number of rotatable bonds is 16. The van der Waals surface area contributed by atoms with Gasteiger partial charge in [-0.2, -0.15) is 0 Å². The van der Waals surface area contributed by atoms with Gasteiger partial charge >= 0.3 is 5.97 Å². The number of aliphatic hydroxyl groups excluding tert-OH is 1. The van der Waals surface area contributed by atoms with Gasteiger partial charge in [0.15, 0.2) is 6.61 Å². The van der Waals surface area contributed by atoms with Gasteiger partial charge in [0.1, 0.15) is 23.4 Å². The highest BCUT2D eigenvalue weighted by molar-refractivity contribution is 6.32. The van der Waals surface area contributed by atoms with Gasteiger partial charge in [0.05, 0.1) is 29.2 Å². The predicted molar refractivity (Wildman–Crippen MR) is 218 cm³/mol. The lowest BCUT2D eigenvalue weighted by atomic mass is 9.69. The number of benzene rings is 3. The molecular formula is C44H53ClN4O8. The summed E-state index contributed by atoms with van der Waals surface area (Å²) in [5.41, 5.74) is 2.77. The smallest absolute Gasteiger partial charge is 0.316 e. The molecule has 4 heterocycles. The molecule has 1 aromatic heterocycles. The average Bonchev–Trinajstić information content (AvgIpc) is 3.23. The fraction of sp³-hybridized carbons (Fsp3) is 0.477. The molecule has 12 nitrogen and oxygen atoms in total. The fourth-order valence-corrected chi connectivity index (χ4v) is 9.06. The van der Waals surface area contributed by atoms with E-state index < -0.39 is 11.5 Å². The summed E-state index contributed by atoms with van der Waals surface area (Å²) >= 11 is 6.56. The number of phenolic OH excluding ortho intramolecular Hbond substituents is 1. The molecule has 5 N–H and O–H groups in total. The van der Waals surface area contributed by atoms with Crippen LogP contribution in [0.2, 0.25) is 5.02 Å². The van der Waals surface area contributed by atoms with Crippen LogP contribution in [0.4, 0.5) is 0 Å². The number of aromatic hydroxyl groups is 1. The number of fused-ring (bicyclic) bond motifs is 4. The number of halogens is 1. The third-order valence-corrected chi connectivity index (χ3v) is 12.3. The van der Waals surface area contributed by atoms with E-state index in [9.17, 15) is 24.6 Å². The Kier molecular flexibility index (Phi) is 13.0. The fourth-order valence-electron chi connectivity index (χ4n) is 8.82. The molecule has 4 fully saturated rings. The number of nitrogens with zero attached hydrogens (tertiary/aromatic N) is 1. The zero-order valence-electron chi connectivity index (χ0n) is 32.5. The van der Waals surface area contributed by atoms with E-state index in [1.165, 1.54) is 19.2 Å². The van der Waals surface area contributed by atoms with Crippen molar-refractivity contribution < 1.29 is 34.0 Å². The first-order chi connectivity index (χ1) is 27.6. The number of amides is 1. The first-order valence-electron chi connectivity index (χ1n) is 20.2. The minimum atomic E-state index is -0.935. The lowest BCUT2D eigenvalue weighted by Crippen LogP contribution is -2.53. The molecule has 0 radical (unpaired) electrons. The van der Waals surface area contributed by atoms with Crippen molar-refractivity contribution in [3.8, 4) is 17.2 Å². The highest BCUT2D eigenvalue weighted by Gasteiger charge is 2.46. The van der Waals surface area contributed by atoms with Gasteiger partial charge < -0.3 is 40.0 Å². The monoisotopic (exact) mass is 800 g/mol. The molecular weight excluding hydrogens is 748 g/mol. The van der Waals surface area contributed by atoms with Crippen LogP contribution in [0, 0.1) is 5.92 Å². The highest BCUT2D eigenvalue weighted by atomic mass is 35.5. The minimum absolute atomic E-state index is 0.00191. The number of carbonyl (C=O) groups is 2. The number of H-pyrrole nitrogens is 1. The molecule has 2 bridgehead atoms. The highest BCUT2D eigenvalue weighted by Crippen LogP contribution is 2.42. The number of pyridine rings is 1. The molecule has 4 aliphatic rings. The normalized spacial score (nSPS) is 20.5. The number of hydrogen-bond donors (Lipinski definition) is 5. The number of carbonyl (C=O) groups excluding carboxylic acids is 2. The molecule has 3 saturated heterocycles. The van der Waals surface area contributed by atoms with Crippen LogP contribution in [0.25, 0.3) is 10.9 Å². The molecule has 1 saturated carbocycles. The van der Waals surface area contributed by atoms with Crippen molar-refractivity contribution in [3.05, 3.63) is 98.3 Å². The standard InChI is InChI=1S/C44H53ClN4O8/c1-55-37-23-38(34(45)22-30(37)24-46-25-36(51)32-10-12-35(50)42-33(32)11-13-40(52)48-42)56-27-41(53)47-18-6-8-28-7-5-9-31(21-28)44(16-3-2-4-17-44)43(54)57-39-26-49-19-14-29(39)15-20-49/h5,7,9-13,21-23,29,36,39,46,50-51H,2-4,6,8,14-20,24-27H2,1H3,(H,47,53)(H,48,52)/t36-,39-/m0/s1. The number of hydrogen-bond acceptors (Lipinski definition) is 10.